The SMILES string of the molecule is Cc1nn(C)c(C)c1C(N)C1CCOC2(CCCCC2)C1. The van der Waals surface area contributed by atoms with Gasteiger partial charge >= 0.3 is 0 Å². The molecule has 118 valence electrons. The molecule has 4 heteroatoms. The van der Waals surface area contributed by atoms with Crippen molar-refractivity contribution in [2.75, 3.05) is 6.61 Å². The number of aromatic nitrogens is 2. The van der Waals surface area contributed by atoms with Crippen LogP contribution in [0.5, 0.6) is 0 Å². The summed E-state index contributed by atoms with van der Waals surface area (Å²) in [6.07, 6.45) is 8.64. The average Bonchev–Trinajstić information content (AvgIpc) is 2.72. The minimum absolute atomic E-state index is 0.0985. The molecular weight excluding hydrogens is 262 g/mol. The fourth-order valence-corrected chi connectivity index (χ4v) is 4.42. The number of hydrogen-bond donors (Lipinski definition) is 1. The quantitative estimate of drug-likeness (QED) is 0.910. The van der Waals surface area contributed by atoms with Crippen LogP contribution in [-0.2, 0) is 11.8 Å². The lowest BCUT2D eigenvalue weighted by molar-refractivity contribution is -0.120. The summed E-state index contributed by atoms with van der Waals surface area (Å²) < 4.78 is 8.17. The maximum atomic E-state index is 6.67. The number of ether oxygens (including phenoxy) is 1. The van der Waals surface area contributed by atoms with E-state index in [0.29, 0.717) is 5.92 Å². The predicted octanol–water partition coefficient (Wildman–Crippen LogP) is 3.17. The standard InChI is InChI=1S/C17H29N3O/c1-12-15(13(2)20(3)19-12)16(18)14-7-10-21-17(11-14)8-5-4-6-9-17/h14,16H,4-11,18H2,1-3H3. The number of nitrogens with two attached hydrogens (primary N) is 1. The molecule has 3 rings (SSSR count). The summed E-state index contributed by atoms with van der Waals surface area (Å²) in [6, 6.07) is 0.0985. The lowest BCUT2D eigenvalue weighted by Crippen LogP contribution is -2.44. The van der Waals surface area contributed by atoms with Crippen molar-refractivity contribution in [3.63, 3.8) is 0 Å². The highest BCUT2D eigenvalue weighted by Gasteiger charge is 2.41. The van der Waals surface area contributed by atoms with E-state index in [4.69, 9.17) is 10.5 Å². The summed E-state index contributed by atoms with van der Waals surface area (Å²) in [5.74, 6) is 0.526. The normalized spacial score (nSPS) is 27.0. The number of rotatable bonds is 2. The molecule has 21 heavy (non-hydrogen) atoms. The zero-order valence-electron chi connectivity index (χ0n) is 13.7. The summed E-state index contributed by atoms with van der Waals surface area (Å²) in [5.41, 5.74) is 10.4. The third-order valence-corrected chi connectivity index (χ3v) is 5.70. The molecule has 2 heterocycles. The Hall–Kier alpha value is -0.870. The Labute approximate surface area is 128 Å². The third-order valence-electron chi connectivity index (χ3n) is 5.70. The Morgan fingerprint density at radius 2 is 2.00 bits per heavy atom. The molecule has 0 amide bonds. The highest BCUT2D eigenvalue weighted by Crippen LogP contribution is 2.44. The van der Waals surface area contributed by atoms with Crippen LogP contribution >= 0.6 is 0 Å². The fraction of sp³-hybridized carbons (Fsp3) is 0.824. The van der Waals surface area contributed by atoms with Crippen molar-refractivity contribution in [1.82, 2.24) is 9.78 Å². The predicted molar refractivity (Wildman–Crippen MR) is 84.1 cm³/mol. The maximum Gasteiger partial charge on any atom is 0.0685 e. The monoisotopic (exact) mass is 291 g/mol. The van der Waals surface area contributed by atoms with Crippen LogP contribution in [-0.4, -0.2) is 22.0 Å². The van der Waals surface area contributed by atoms with Gasteiger partial charge < -0.3 is 10.5 Å². The molecule has 2 unspecified atom stereocenters. The van der Waals surface area contributed by atoms with Crippen LogP contribution in [0.1, 0.15) is 67.9 Å². The molecular formula is C17H29N3O. The number of hydrogen-bond acceptors (Lipinski definition) is 3. The van der Waals surface area contributed by atoms with E-state index in [9.17, 15) is 0 Å². The Kier molecular flexibility index (Phi) is 4.10. The van der Waals surface area contributed by atoms with E-state index in [-0.39, 0.29) is 11.6 Å². The third kappa shape index (κ3) is 2.76. The Morgan fingerprint density at radius 3 is 2.62 bits per heavy atom. The summed E-state index contributed by atoms with van der Waals surface area (Å²) in [7, 11) is 2.01. The van der Waals surface area contributed by atoms with Crippen molar-refractivity contribution in [1.29, 1.82) is 0 Å². The van der Waals surface area contributed by atoms with Gasteiger partial charge in [-0.15, -0.1) is 0 Å². The van der Waals surface area contributed by atoms with Crippen LogP contribution in [0.25, 0.3) is 0 Å². The molecule has 0 radical (unpaired) electrons. The van der Waals surface area contributed by atoms with Crippen LogP contribution < -0.4 is 5.73 Å². The fourth-order valence-electron chi connectivity index (χ4n) is 4.42. The molecule has 1 saturated heterocycles. The van der Waals surface area contributed by atoms with Gasteiger partial charge in [-0.1, -0.05) is 19.3 Å². The van der Waals surface area contributed by atoms with Gasteiger partial charge in [0.25, 0.3) is 0 Å². The molecule has 0 bridgehead atoms. The highest BCUT2D eigenvalue weighted by atomic mass is 16.5. The highest BCUT2D eigenvalue weighted by molar-refractivity contribution is 5.28. The van der Waals surface area contributed by atoms with E-state index in [1.807, 2.05) is 11.7 Å². The first-order chi connectivity index (χ1) is 10.0. The van der Waals surface area contributed by atoms with Gasteiger partial charge in [0.15, 0.2) is 0 Å². The van der Waals surface area contributed by atoms with Gasteiger partial charge in [-0.2, -0.15) is 5.10 Å². The van der Waals surface area contributed by atoms with Crippen molar-refractivity contribution < 1.29 is 4.74 Å². The van der Waals surface area contributed by atoms with Crippen LogP contribution in [0.2, 0.25) is 0 Å². The second kappa shape index (κ2) is 5.73. The molecule has 1 spiro atoms. The summed E-state index contributed by atoms with van der Waals surface area (Å²) in [6.45, 7) is 5.08. The minimum Gasteiger partial charge on any atom is -0.375 e. The van der Waals surface area contributed by atoms with Crippen molar-refractivity contribution >= 4 is 0 Å². The molecule has 1 aliphatic carbocycles. The van der Waals surface area contributed by atoms with Crippen molar-refractivity contribution in [3.05, 3.63) is 17.0 Å². The molecule has 1 saturated carbocycles. The first-order valence-corrected chi connectivity index (χ1v) is 8.42. The van der Waals surface area contributed by atoms with Crippen molar-refractivity contribution in [3.8, 4) is 0 Å². The minimum atomic E-state index is 0.0985. The molecule has 1 aromatic heterocycles. The smallest absolute Gasteiger partial charge is 0.0685 e. The molecule has 2 aliphatic rings. The molecule has 1 aliphatic heterocycles. The molecule has 2 atom stereocenters. The second-order valence-electron chi connectivity index (χ2n) is 7.08. The molecule has 0 aromatic carbocycles. The topological polar surface area (TPSA) is 53.1 Å². The zero-order valence-corrected chi connectivity index (χ0v) is 13.7. The van der Waals surface area contributed by atoms with Crippen LogP contribution in [0.4, 0.5) is 0 Å². The summed E-state index contributed by atoms with van der Waals surface area (Å²) >= 11 is 0. The number of nitrogens with zero attached hydrogens (tertiary/aromatic N) is 2. The first-order valence-electron chi connectivity index (χ1n) is 8.42. The Morgan fingerprint density at radius 1 is 1.29 bits per heavy atom. The average molecular weight is 291 g/mol. The lowest BCUT2D eigenvalue weighted by atomic mass is 9.73. The van der Waals surface area contributed by atoms with E-state index in [0.717, 1.165) is 25.1 Å². The number of aryl methyl sites for hydroxylation is 2. The van der Waals surface area contributed by atoms with E-state index < -0.39 is 0 Å². The summed E-state index contributed by atoms with van der Waals surface area (Å²) in [5, 5.41) is 4.54. The van der Waals surface area contributed by atoms with Crippen LogP contribution in [0.15, 0.2) is 0 Å². The van der Waals surface area contributed by atoms with Gasteiger partial charge in [0.1, 0.15) is 0 Å². The van der Waals surface area contributed by atoms with Crippen molar-refractivity contribution in [2.45, 2.75) is 70.4 Å². The Bertz CT molecular complexity index is 497. The van der Waals surface area contributed by atoms with Gasteiger partial charge in [0.2, 0.25) is 0 Å². The van der Waals surface area contributed by atoms with Gasteiger partial charge in [0.05, 0.1) is 11.3 Å². The lowest BCUT2D eigenvalue weighted by Gasteiger charge is -2.45. The molecule has 4 nitrogen and oxygen atoms in total. The van der Waals surface area contributed by atoms with E-state index in [2.05, 4.69) is 18.9 Å². The zero-order chi connectivity index (χ0) is 15.0. The van der Waals surface area contributed by atoms with E-state index in [1.54, 1.807) is 0 Å². The Balaban J connectivity index is 1.79. The van der Waals surface area contributed by atoms with Gasteiger partial charge in [0, 0.05) is 31.0 Å². The van der Waals surface area contributed by atoms with E-state index in [1.165, 1.54) is 43.4 Å². The van der Waals surface area contributed by atoms with Crippen molar-refractivity contribution in [2.24, 2.45) is 18.7 Å². The molecule has 2 fully saturated rings. The van der Waals surface area contributed by atoms with Gasteiger partial charge in [-0.05, 0) is 45.4 Å². The summed E-state index contributed by atoms with van der Waals surface area (Å²) in [4.78, 5) is 0. The maximum absolute atomic E-state index is 6.67. The van der Waals surface area contributed by atoms with E-state index >= 15 is 0 Å². The van der Waals surface area contributed by atoms with Crippen LogP contribution in [0.3, 0.4) is 0 Å². The van der Waals surface area contributed by atoms with Gasteiger partial charge in [-0.3, -0.25) is 4.68 Å². The first kappa shape index (κ1) is 15.0. The van der Waals surface area contributed by atoms with Crippen LogP contribution in [0, 0.1) is 19.8 Å². The largest absolute Gasteiger partial charge is 0.375 e. The van der Waals surface area contributed by atoms with Gasteiger partial charge in [-0.25, -0.2) is 0 Å². The second-order valence-corrected chi connectivity index (χ2v) is 7.08. The molecule has 1 aromatic rings. The molecule has 2 N–H and O–H groups in total.